The SMILES string of the molecule is COc1ncc(B2OC(C)(C)C(C)(C)O2)cc1N[SH](=O)=O. The normalized spacial score (nSPS) is 19.8. The van der Waals surface area contributed by atoms with E-state index in [2.05, 4.69) is 9.71 Å². The maximum atomic E-state index is 10.9. The molecule has 0 saturated carbocycles. The molecule has 0 aromatic carbocycles. The quantitative estimate of drug-likeness (QED) is 0.615. The Bertz CT molecular complexity index is 594. The molecule has 7 nitrogen and oxygen atoms in total. The predicted octanol–water partition coefficient (Wildman–Crippen LogP) is 0.328. The highest BCUT2D eigenvalue weighted by molar-refractivity contribution is 7.73. The molecule has 116 valence electrons. The van der Waals surface area contributed by atoms with Crippen LogP contribution in [-0.2, 0) is 20.2 Å². The zero-order chi connectivity index (χ0) is 15.8. The van der Waals surface area contributed by atoms with Crippen molar-refractivity contribution in [2.45, 2.75) is 38.9 Å². The van der Waals surface area contributed by atoms with E-state index in [1.54, 1.807) is 12.3 Å². The summed E-state index contributed by atoms with van der Waals surface area (Å²) < 4.78 is 40.8. The molecule has 0 radical (unpaired) electrons. The van der Waals surface area contributed by atoms with E-state index in [0.717, 1.165) is 0 Å². The van der Waals surface area contributed by atoms with Gasteiger partial charge in [-0.3, -0.25) is 4.72 Å². The Morgan fingerprint density at radius 2 is 1.81 bits per heavy atom. The Labute approximate surface area is 126 Å². The van der Waals surface area contributed by atoms with Gasteiger partial charge in [-0.05, 0) is 33.8 Å². The summed E-state index contributed by atoms with van der Waals surface area (Å²) in [6.45, 7) is 7.77. The van der Waals surface area contributed by atoms with Crippen LogP contribution in [0.4, 0.5) is 5.69 Å². The second-order valence-corrected chi connectivity index (χ2v) is 6.52. The lowest BCUT2D eigenvalue weighted by atomic mass is 9.80. The number of ether oxygens (including phenoxy) is 1. The van der Waals surface area contributed by atoms with Gasteiger partial charge < -0.3 is 14.0 Å². The van der Waals surface area contributed by atoms with Crippen LogP contribution in [0.2, 0.25) is 0 Å². The van der Waals surface area contributed by atoms with E-state index in [0.29, 0.717) is 5.46 Å². The van der Waals surface area contributed by atoms with E-state index in [4.69, 9.17) is 14.0 Å². The minimum absolute atomic E-state index is 0.189. The van der Waals surface area contributed by atoms with Crippen LogP contribution in [0.25, 0.3) is 0 Å². The topological polar surface area (TPSA) is 86.8 Å². The van der Waals surface area contributed by atoms with Crippen molar-refractivity contribution in [1.82, 2.24) is 4.98 Å². The van der Waals surface area contributed by atoms with Crippen molar-refractivity contribution in [1.29, 1.82) is 0 Å². The van der Waals surface area contributed by atoms with Gasteiger partial charge in [0.1, 0.15) is 5.69 Å². The molecule has 21 heavy (non-hydrogen) atoms. The maximum Gasteiger partial charge on any atom is 0.496 e. The number of anilines is 1. The largest absolute Gasteiger partial charge is 0.496 e. The predicted molar refractivity (Wildman–Crippen MR) is 80.4 cm³/mol. The summed E-state index contributed by atoms with van der Waals surface area (Å²) >= 11 is 0. The van der Waals surface area contributed by atoms with E-state index < -0.39 is 29.2 Å². The van der Waals surface area contributed by atoms with Crippen LogP contribution in [0, 0.1) is 0 Å². The molecular weight excluding hydrogens is 295 g/mol. The molecule has 0 amide bonds. The summed E-state index contributed by atoms with van der Waals surface area (Å²) in [5, 5.41) is 0. The molecule has 1 fully saturated rings. The van der Waals surface area contributed by atoms with Gasteiger partial charge in [-0.15, -0.1) is 0 Å². The summed E-state index contributed by atoms with van der Waals surface area (Å²) in [5.74, 6) is 0.189. The standard InChI is InChI=1S/C12H19BN2O5S/c1-11(2)12(3,4)20-13(19-11)8-6-9(15-21(16)17)10(18-5)14-7-8/h6-7,21H,1-5H3,(H,15,16,17). The van der Waals surface area contributed by atoms with E-state index in [-0.39, 0.29) is 11.6 Å². The van der Waals surface area contributed by atoms with Crippen LogP contribution in [0.1, 0.15) is 27.7 Å². The number of nitrogens with one attached hydrogen (secondary N) is 1. The first-order valence-electron chi connectivity index (χ1n) is 6.47. The summed E-state index contributed by atoms with van der Waals surface area (Å²) in [5.41, 5.74) is -0.0846. The molecule has 1 aliphatic heterocycles. The molecule has 9 heteroatoms. The van der Waals surface area contributed by atoms with Crippen LogP contribution < -0.4 is 14.9 Å². The zero-order valence-electron chi connectivity index (χ0n) is 12.7. The van der Waals surface area contributed by atoms with Crippen molar-refractivity contribution in [2.75, 3.05) is 11.8 Å². The second kappa shape index (κ2) is 5.47. The minimum Gasteiger partial charge on any atom is -0.480 e. The molecule has 2 heterocycles. The molecule has 0 atom stereocenters. The van der Waals surface area contributed by atoms with Crippen LogP contribution in [0.3, 0.4) is 0 Å². The van der Waals surface area contributed by atoms with E-state index in [9.17, 15) is 8.42 Å². The monoisotopic (exact) mass is 314 g/mol. The van der Waals surface area contributed by atoms with Crippen molar-refractivity contribution < 1.29 is 22.5 Å². The molecule has 1 aromatic rings. The molecule has 0 spiro atoms. The molecule has 1 N–H and O–H groups in total. The van der Waals surface area contributed by atoms with Crippen molar-refractivity contribution >= 4 is 29.2 Å². The van der Waals surface area contributed by atoms with Crippen molar-refractivity contribution in [3.63, 3.8) is 0 Å². The number of thiol groups is 1. The van der Waals surface area contributed by atoms with Gasteiger partial charge in [0.25, 0.3) is 0 Å². The van der Waals surface area contributed by atoms with Gasteiger partial charge in [0, 0.05) is 11.7 Å². The summed E-state index contributed by atoms with van der Waals surface area (Å²) in [6, 6.07) is 1.60. The van der Waals surface area contributed by atoms with Crippen LogP contribution in [0.5, 0.6) is 5.88 Å². The molecule has 0 unspecified atom stereocenters. The van der Waals surface area contributed by atoms with Gasteiger partial charge in [0.05, 0.1) is 18.3 Å². The van der Waals surface area contributed by atoms with Crippen LogP contribution >= 0.6 is 0 Å². The molecule has 0 bridgehead atoms. The molecule has 1 aromatic heterocycles. The van der Waals surface area contributed by atoms with Gasteiger partial charge in [0.15, 0.2) is 0 Å². The smallest absolute Gasteiger partial charge is 0.480 e. The second-order valence-electron chi connectivity index (χ2n) is 5.78. The number of hydrogen-bond acceptors (Lipinski definition) is 6. The maximum absolute atomic E-state index is 10.9. The summed E-state index contributed by atoms with van der Waals surface area (Å²) in [7, 11) is -2.01. The first kappa shape index (κ1) is 16.1. The van der Waals surface area contributed by atoms with Crippen molar-refractivity contribution in [3.05, 3.63) is 12.3 Å². The Morgan fingerprint density at radius 1 is 1.24 bits per heavy atom. The molecule has 0 aliphatic carbocycles. The average Bonchev–Trinajstić information content (AvgIpc) is 2.57. The lowest BCUT2D eigenvalue weighted by Gasteiger charge is -2.32. The first-order valence-corrected chi connectivity index (χ1v) is 7.64. The van der Waals surface area contributed by atoms with Gasteiger partial charge >= 0.3 is 7.12 Å². The number of hydrogen-bond donors (Lipinski definition) is 2. The third-order valence-electron chi connectivity index (χ3n) is 3.80. The molecule has 1 aliphatic rings. The summed E-state index contributed by atoms with van der Waals surface area (Å²) in [6.07, 6.45) is 1.55. The Balaban J connectivity index is 2.34. The Morgan fingerprint density at radius 3 is 2.29 bits per heavy atom. The lowest BCUT2D eigenvalue weighted by Crippen LogP contribution is -2.41. The number of aromatic nitrogens is 1. The highest BCUT2D eigenvalue weighted by Crippen LogP contribution is 2.36. The number of methoxy groups -OCH3 is 1. The van der Waals surface area contributed by atoms with Crippen LogP contribution in [0.15, 0.2) is 12.3 Å². The van der Waals surface area contributed by atoms with Gasteiger partial charge in [0.2, 0.25) is 16.8 Å². The van der Waals surface area contributed by atoms with Crippen molar-refractivity contribution in [3.8, 4) is 5.88 Å². The van der Waals surface area contributed by atoms with Gasteiger partial charge in [-0.2, -0.15) is 0 Å². The summed E-state index contributed by atoms with van der Waals surface area (Å²) in [4.78, 5) is 4.08. The average molecular weight is 314 g/mol. The van der Waals surface area contributed by atoms with E-state index in [1.165, 1.54) is 7.11 Å². The molecular formula is C12H19BN2O5S. The first-order chi connectivity index (χ1) is 9.66. The third kappa shape index (κ3) is 3.14. The zero-order valence-corrected chi connectivity index (χ0v) is 13.6. The Kier molecular flexibility index (Phi) is 4.18. The van der Waals surface area contributed by atoms with Gasteiger partial charge in [-0.25, -0.2) is 13.4 Å². The minimum atomic E-state index is -2.81. The van der Waals surface area contributed by atoms with E-state index >= 15 is 0 Å². The number of pyridine rings is 1. The number of rotatable bonds is 4. The molecule has 1 saturated heterocycles. The fourth-order valence-electron chi connectivity index (χ4n) is 1.92. The van der Waals surface area contributed by atoms with Gasteiger partial charge in [-0.1, -0.05) is 0 Å². The van der Waals surface area contributed by atoms with Crippen LogP contribution in [-0.4, -0.2) is 38.8 Å². The number of nitrogens with zero attached hydrogens (tertiary/aromatic N) is 1. The highest BCUT2D eigenvalue weighted by Gasteiger charge is 2.51. The third-order valence-corrected chi connectivity index (χ3v) is 4.23. The highest BCUT2D eigenvalue weighted by atomic mass is 32.2. The molecule has 2 rings (SSSR count). The fourth-order valence-corrected chi connectivity index (χ4v) is 2.27. The van der Waals surface area contributed by atoms with Crippen molar-refractivity contribution in [2.24, 2.45) is 0 Å². The van der Waals surface area contributed by atoms with E-state index in [1.807, 2.05) is 27.7 Å². The Hall–Kier alpha value is -1.32. The lowest BCUT2D eigenvalue weighted by molar-refractivity contribution is 0.00578. The fraction of sp³-hybridized carbons (Fsp3) is 0.583.